The zero-order valence-electron chi connectivity index (χ0n) is 55.0. The SMILES string of the molecule is CC(=O)OC[C@H]1O[C@@H](O[C@@H]2CC3=CC[C@H]4[C@@H]5C[C@@H]6O[C@]7(C[C@H](OC(C)=O)[C@H](C)CO7)[C@@H](C)[C@@H]6[C@@]5(C)CC[C@@H]4[C@@]3(C)[C@H](O[C@@H]3O[C@H](C)[C@H](OC(C)=O)[C@H](OC(C)=O)[C@H]3OC(C)=O)C2)[C@H](OC(C)=O)[C@@H](OC(C)=O)[C@@H]1O[C@@H]1OC[C@@](COC(C)=O)(OC(C)=O)[C@H]1OC(C)=O. The zero-order chi connectivity index (χ0) is 67.3. The standard InChI is InChI=1S/C64H90O28/c1-28-24-78-64(23-47(28)80-33(6)67)29(2)50-46(92-64)22-45-43-17-16-41-20-42(21-49(62(41,15)44(43)18-19-61(45,50)14)89-58-55(84-37(10)71)53(82-35(8)69)51(30(3)79-58)81-34(7)68)87-59-56(85-38(11)72)54(83-36(9)70)52(48(88-59)25-75-31(4)65)90-60-57(86-39(12)73)63(27-77-60,91-40(13)74)26-76-32(5)66/h16,28-30,42-60H,17-27H2,1-15H3/t28-,29+,30-,42-,43-,44+,45+,46+,47+,48-,49-,50+,51+,52-,53+,54+,55-,56-,57+,58+,59-,60+,61+,62+,63-,64-/m1/s1. The first-order chi connectivity index (χ1) is 43.2. The molecule has 514 valence electrons. The highest BCUT2D eigenvalue weighted by Gasteiger charge is 2.71. The van der Waals surface area contributed by atoms with Crippen LogP contribution in [0.2, 0.25) is 0 Å². The average Bonchev–Trinajstić information content (AvgIpc) is 1.46. The molecule has 9 aliphatic rings. The smallest absolute Gasteiger partial charge is 0.303 e. The van der Waals surface area contributed by atoms with Gasteiger partial charge in [-0.25, -0.2) is 0 Å². The van der Waals surface area contributed by atoms with Crippen molar-refractivity contribution in [3.05, 3.63) is 11.6 Å². The Morgan fingerprint density at radius 3 is 1.75 bits per heavy atom. The van der Waals surface area contributed by atoms with Gasteiger partial charge in [-0.15, -0.1) is 0 Å². The lowest BCUT2D eigenvalue weighted by molar-refractivity contribution is -0.346. The van der Waals surface area contributed by atoms with Gasteiger partial charge in [0.2, 0.25) is 5.60 Å². The summed E-state index contributed by atoms with van der Waals surface area (Å²) < 4.78 is 111. The van der Waals surface area contributed by atoms with E-state index in [-0.39, 0.29) is 71.9 Å². The van der Waals surface area contributed by atoms with Crippen LogP contribution in [-0.2, 0) is 133 Å². The molecule has 0 N–H and O–H groups in total. The molecule has 3 saturated carbocycles. The zero-order valence-corrected chi connectivity index (χ0v) is 55.0. The Kier molecular flexibility index (Phi) is 21.3. The summed E-state index contributed by atoms with van der Waals surface area (Å²) in [4.78, 5) is 128. The van der Waals surface area contributed by atoms with Crippen LogP contribution in [0.15, 0.2) is 11.6 Å². The number of rotatable bonds is 18. The molecular weight excluding hydrogens is 1220 g/mol. The Morgan fingerprint density at radius 2 is 1.16 bits per heavy atom. The molecule has 26 atom stereocenters. The molecule has 0 unspecified atom stereocenters. The van der Waals surface area contributed by atoms with E-state index >= 15 is 0 Å². The van der Waals surface area contributed by atoms with Crippen molar-refractivity contribution >= 4 is 59.7 Å². The minimum Gasteiger partial charge on any atom is -0.463 e. The van der Waals surface area contributed by atoms with E-state index in [0.717, 1.165) is 73.3 Å². The summed E-state index contributed by atoms with van der Waals surface area (Å²) in [5, 5.41) is 0. The van der Waals surface area contributed by atoms with Crippen LogP contribution in [0.4, 0.5) is 0 Å². The summed E-state index contributed by atoms with van der Waals surface area (Å²) in [6, 6.07) is 0. The molecule has 4 aliphatic carbocycles. The molecule has 0 aromatic rings. The van der Waals surface area contributed by atoms with E-state index in [2.05, 4.69) is 26.8 Å². The second-order valence-electron chi connectivity index (χ2n) is 26.8. The van der Waals surface area contributed by atoms with Crippen molar-refractivity contribution in [3.63, 3.8) is 0 Å². The summed E-state index contributed by atoms with van der Waals surface area (Å²) in [5.74, 6) is -8.47. The van der Waals surface area contributed by atoms with Crippen LogP contribution in [0.3, 0.4) is 0 Å². The summed E-state index contributed by atoms with van der Waals surface area (Å²) >= 11 is 0. The lowest BCUT2D eigenvalue weighted by Gasteiger charge is -2.61. The highest BCUT2D eigenvalue weighted by atomic mass is 16.8. The molecule has 9 rings (SSSR count). The second-order valence-corrected chi connectivity index (χ2v) is 26.8. The molecular formula is C64H90O28. The van der Waals surface area contributed by atoms with Gasteiger partial charge in [0, 0.05) is 99.3 Å². The molecule has 28 heteroatoms. The summed E-state index contributed by atoms with van der Waals surface area (Å²) in [6.07, 6.45) is -14.7. The average molecular weight is 1310 g/mol. The summed E-state index contributed by atoms with van der Waals surface area (Å²) in [6.45, 7) is 20.3. The van der Waals surface area contributed by atoms with Gasteiger partial charge in [-0.3, -0.25) is 47.9 Å². The lowest BCUT2D eigenvalue weighted by Crippen LogP contribution is -2.65. The van der Waals surface area contributed by atoms with E-state index in [9.17, 15) is 47.9 Å². The van der Waals surface area contributed by atoms with E-state index in [1.807, 2.05) is 6.92 Å². The predicted molar refractivity (Wildman–Crippen MR) is 306 cm³/mol. The lowest BCUT2D eigenvalue weighted by atomic mass is 9.46. The Labute approximate surface area is 534 Å². The van der Waals surface area contributed by atoms with Crippen LogP contribution in [0.1, 0.15) is 149 Å². The Bertz CT molecular complexity index is 2860. The fraction of sp³-hybridized carbons (Fsp3) is 0.812. The van der Waals surface area contributed by atoms with Crippen molar-refractivity contribution in [2.75, 3.05) is 26.4 Å². The molecule has 0 radical (unpaired) electrons. The van der Waals surface area contributed by atoms with Gasteiger partial charge < -0.3 is 85.3 Å². The normalized spacial score (nSPS) is 42.6. The number of fused-ring (bicyclic) bond motifs is 7. The first kappa shape index (κ1) is 70.4. The first-order valence-corrected chi connectivity index (χ1v) is 31.8. The van der Waals surface area contributed by atoms with Crippen molar-refractivity contribution in [2.45, 2.75) is 258 Å². The number of carbonyl (C=O) groups excluding carboxylic acids is 10. The number of esters is 10. The maximum Gasteiger partial charge on any atom is 0.303 e. The van der Waals surface area contributed by atoms with Gasteiger partial charge in [-0.2, -0.15) is 0 Å². The Balaban J connectivity index is 1.08. The van der Waals surface area contributed by atoms with Crippen LogP contribution in [-0.4, -0.2) is 196 Å². The molecule has 1 spiro atoms. The molecule has 0 aromatic carbocycles. The number of hydrogen-bond donors (Lipinski definition) is 0. The van der Waals surface area contributed by atoms with Gasteiger partial charge in [0.05, 0.1) is 37.6 Å². The number of allylic oxidation sites excluding steroid dienone is 1. The van der Waals surface area contributed by atoms with E-state index < -0.39 is 176 Å². The second kappa shape index (κ2) is 27.8. The minimum absolute atomic E-state index is 0.0177. The van der Waals surface area contributed by atoms with Crippen LogP contribution in [0.25, 0.3) is 0 Å². The van der Waals surface area contributed by atoms with Gasteiger partial charge in [0.25, 0.3) is 0 Å². The number of hydrogen-bond acceptors (Lipinski definition) is 28. The molecule has 0 aromatic heterocycles. The molecule has 28 nitrogen and oxygen atoms in total. The third kappa shape index (κ3) is 14.4. The van der Waals surface area contributed by atoms with Gasteiger partial charge >= 0.3 is 59.7 Å². The largest absolute Gasteiger partial charge is 0.463 e. The topological polar surface area (TPSA) is 337 Å². The maximum atomic E-state index is 13.4. The van der Waals surface area contributed by atoms with Gasteiger partial charge in [0.1, 0.15) is 31.5 Å². The maximum absolute atomic E-state index is 13.4. The van der Waals surface area contributed by atoms with Crippen LogP contribution >= 0.6 is 0 Å². The van der Waals surface area contributed by atoms with E-state index in [1.54, 1.807) is 6.92 Å². The number of carbonyl (C=O) groups is 10. The molecule has 5 saturated heterocycles. The molecule has 5 aliphatic heterocycles. The predicted octanol–water partition coefficient (Wildman–Crippen LogP) is 4.50. The van der Waals surface area contributed by atoms with Crippen molar-refractivity contribution in [1.29, 1.82) is 0 Å². The molecule has 8 fully saturated rings. The monoisotopic (exact) mass is 1310 g/mol. The van der Waals surface area contributed by atoms with E-state index in [0.29, 0.717) is 19.4 Å². The van der Waals surface area contributed by atoms with Crippen molar-refractivity contribution in [3.8, 4) is 0 Å². The van der Waals surface area contributed by atoms with Crippen molar-refractivity contribution in [2.24, 2.45) is 46.3 Å². The van der Waals surface area contributed by atoms with Gasteiger partial charge in [-0.05, 0) is 68.1 Å². The first-order valence-electron chi connectivity index (χ1n) is 31.8. The van der Waals surface area contributed by atoms with E-state index in [1.165, 1.54) is 20.8 Å². The quantitative estimate of drug-likeness (QED) is 0.103. The van der Waals surface area contributed by atoms with E-state index in [4.69, 9.17) is 85.3 Å². The summed E-state index contributed by atoms with van der Waals surface area (Å²) in [5.41, 5.74) is -2.12. The molecule has 5 heterocycles. The summed E-state index contributed by atoms with van der Waals surface area (Å²) in [7, 11) is 0. The highest BCUT2D eigenvalue weighted by molar-refractivity contribution is 5.70. The molecule has 92 heavy (non-hydrogen) atoms. The van der Waals surface area contributed by atoms with Crippen LogP contribution < -0.4 is 0 Å². The Hall–Kier alpha value is -5.88. The van der Waals surface area contributed by atoms with Crippen LogP contribution in [0, 0.1) is 46.3 Å². The minimum atomic E-state index is -1.98. The van der Waals surface area contributed by atoms with Crippen LogP contribution in [0.5, 0.6) is 0 Å². The molecule has 0 amide bonds. The fourth-order valence-electron chi connectivity index (χ4n) is 16.9. The van der Waals surface area contributed by atoms with Crippen molar-refractivity contribution in [1.82, 2.24) is 0 Å². The molecule has 0 bridgehead atoms. The van der Waals surface area contributed by atoms with Crippen molar-refractivity contribution < 1.29 is 133 Å². The number of ether oxygens (including phenoxy) is 18. The van der Waals surface area contributed by atoms with Gasteiger partial charge in [-0.1, -0.05) is 39.3 Å². The Morgan fingerprint density at radius 1 is 0.587 bits per heavy atom. The third-order valence-electron chi connectivity index (χ3n) is 20.4. The van der Waals surface area contributed by atoms with Gasteiger partial charge in [0.15, 0.2) is 61.3 Å². The fourth-order valence-corrected chi connectivity index (χ4v) is 16.9. The highest BCUT2D eigenvalue weighted by Crippen LogP contribution is 2.71. The third-order valence-corrected chi connectivity index (χ3v) is 20.4.